The number of nitrogens with zero attached hydrogens (tertiary/aromatic N) is 2. The molecule has 0 saturated carbocycles. The summed E-state index contributed by atoms with van der Waals surface area (Å²) in [5, 5.41) is 20.8. The van der Waals surface area contributed by atoms with E-state index in [2.05, 4.69) is 13.8 Å². The first-order valence-corrected chi connectivity index (χ1v) is 16.9. The van der Waals surface area contributed by atoms with E-state index < -0.39 is 35.8 Å². The summed E-state index contributed by atoms with van der Waals surface area (Å²) < 4.78 is 22.9. The smallest absolute Gasteiger partial charge is 0.258 e. The third kappa shape index (κ3) is 8.80. The van der Waals surface area contributed by atoms with Crippen LogP contribution < -0.4 is 28.7 Å². The number of amides is 4. The Bertz CT molecular complexity index is 1820. The van der Waals surface area contributed by atoms with Gasteiger partial charge in [0.15, 0.2) is 0 Å². The lowest BCUT2D eigenvalue weighted by molar-refractivity contribution is -0.121. The van der Waals surface area contributed by atoms with Gasteiger partial charge in [0.1, 0.15) is 61.6 Å². The number of hydrogen-bond acceptors (Lipinski definition) is 10. The number of rotatable bonds is 16. The summed E-state index contributed by atoms with van der Waals surface area (Å²) in [6.07, 6.45) is 3.09. The first kappa shape index (κ1) is 36.5. The van der Waals surface area contributed by atoms with Gasteiger partial charge in [-0.1, -0.05) is 38.1 Å². The molecular weight excluding hydrogens is 680 g/mol. The SMILES string of the molecule is CC(C)(c1ccc(OCC(O)COc2ccc(N3C(=O)C=CC3=O)cc2)cc1)c1ccc(OCC(O)COc2ccc(N3C(=O)C=CC3=O)cc2)cc1. The molecular formula is C41H38N2O10. The van der Waals surface area contributed by atoms with Crippen LogP contribution in [0.15, 0.2) is 121 Å². The molecule has 2 aliphatic rings. The maximum Gasteiger partial charge on any atom is 0.258 e. The Morgan fingerprint density at radius 2 is 0.698 bits per heavy atom. The van der Waals surface area contributed by atoms with E-state index in [9.17, 15) is 29.4 Å². The number of carbonyl (C=O) groups excluding carboxylic acids is 4. The van der Waals surface area contributed by atoms with Crippen molar-refractivity contribution in [2.45, 2.75) is 31.5 Å². The molecule has 2 heterocycles. The van der Waals surface area contributed by atoms with Crippen LogP contribution in [-0.2, 0) is 24.6 Å². The van der Waals surface area contributed by atoms with Gasteiger partial charge in [-0.05, 0) is 83.9 Å². The first-order valence-electron chi connectivity index (χ1n) is 16.9. The van der Waals surface area contributed by atoms with Crippen LogP contribution in [0.3, 0.4) is 0 Å². The van der Waals surface area contributed by atoms with Crippen molar-refractivity contribution in [1.82, 2.24) is 0 Å². The zero-order valence-electron chi connectivity index (χ0n) is 29.1. The van der Waals surface area contributed by atoms with Gasteiger partial charge in [0.2, 0.25) is 0 Å². The molecule has 4 aromatic rings. The van der Waals surface area contributed by atoms with Crippen molar-refractivity contribution in [3.8, 4) is 23.0 Å². The second-order valence-electron chi connectivity index (χ2n) is 12.9. The molecule has 0 aromatic heterocycles. The predicted octanol–water partition coefficient (Wildman–Crippen LogP) is 4.51. The van der Waals surface area contributed by atoms with Crippen LogP contribution in [-0.4, -0.2) is 72.5 Å². The van der Waals surface area contributed by atoms with Crippen LogP contribution >= 0.6 is 0 Å². The summed E-state index contributed by atoms with van der Waals surface area (Å²) in [5.41, 5.74) is 2.63. The fraction of sp³-hybridized carbons (Fsp3) is 0.220. The summed E-state index contributed by atoms with van der Waals surface area (Å²) in [6, 6.07) is 28.2. The van der Waals surface area contributed by atoms with Gasteiger partial charge in [-0.15, -0.1) is 0 Å². The van der Waals surface area contributed by atoms with Crippen LogP contribution in [0.25, 0.3) is 0 Å². The zero-order chi connectivity index (χ0) is 37.5. The van der Waals surface area contributed by atoms with E-state index in [-0.39, 0.29) is 31.8 Å². The summed E-state index contributed by atoms with van der Waals surface area (Å²) in [4.78, 5) is 49.5. The number of hydrogen-bond donors (Lipinski definition) is 2. The molecule has 0 bridgehead atoms. The average Bonchev–Trinajstić information content (AvgIpc) is 3.69. The van der Waals surface area contributed by atoms with Crippen LogP contribution in [0.2, 0.25) is 0 Å². The van der Waals surface area contributed by atoms with Crippen LogP contribution in [0.1, 0.15) is 25.0 Å². The minimum absolute atomic E-state index is 0.0124. The molecule has 272 valence electrons. The monoisotopic (exact) mass is 718 g/mol. The first-order chi connectivity index (χ1) is 25.5. The molecule has 12 heteroatoms. The van der Waals surface area contributed by atoms with E-state index in [0.717, 1.165) is 20.9 Å². The Kier molecular flexibility index (Phi) is 11.0. The molecule has 0 radical (unpaired) electrons. The molecule has 6 rings (SSSR count). The van der Waals surface area contributed by atoms with Crippen LogP contribution in [0.5, 0.6) is 23.0 Å². The number of benzene rings is 4. The summed E-state index contributed by atoms with van der Waals surface area (Å²) in [6.45, 7) is 4.22. The van der Waals surface area contributed by atoms with Crippen LogP contribution in [0, 0.1) is 0 Å². The number of aliphatic hydroxyl groups excluding tert-OH is 2. The highest BCUT2D eigenvalue weighted by Crippen LogP contribution is 2.33. The Balaban J connectivity index is 0.916. The molecule has 0 saturated heterocycles. The second-order valence-corrected chi connectivity index (χ2v) is 12.9. The molecule has 0 aliphatic carbocycles. The average molecular weight is 719 g/mol. The topological polar surface area (TPSA) is 152 Å². The quantitative estimate of drug-likeness (QED) is 0.158. The number of ether oxygens (including phenoxy) is 4. The molecule has 0 fully saturated rings. The summed E-state index contributed by atoms with van der Waals surface area (Å²) in [5.74, 6) is 0.552. The molecule has 2 aliphatic heterocycles. The Labute approximate surface area is 306 Å². The highest BCUT2D eigenvalue weighted by molar-refractivity contribution is 6.28. The van der Waals surface area contributed by atoms with Gasteiger partial charge < -0.3 is 29.2 Å². The normalized spacial score (nSPS) is 15.2. The van der Waals surface area contributed by atoms with Crippen molar-refractivity contribution in [3.05, 3.63) is 132 Å². The number of imide groups is 2. The predicted molar refractivity (Wildman–Crippen MR) is 195 cm³/mol. The van der Waals surface area contributed by atoms with E-state index in [0.29, 0.717) is 34.4 Å². The third-order valence-corrected chi connectivity index (χ3v) is 8.73. The zero-order valence-corrected chi connectivity index (χ0v) is 29.1. The highest BCUT2D eigenvalue weighted by atomic mass is 16.5. The van der Waals surface area contributed by atoms with Gasteiger partial charge in [-0.3, -0.25) is 19.2 Å². The molecule has 2 N–H and O–H groups in total. The van der Waals surface area contributed by atoms with Gasteiger partial charge in [0.25, 0.3) is 23.6 Å². The maximum atomic E-state index is 11.9. The number of carbonyl (C=O) groups is 4. The number of anilines is 2. The highest BCUT2D eigenvalue weighted by Gasteiger charge is 2.26. The van der Waals surface area contributed by atoms with E-state index in [1.54, 1.807) is 48.5 Å². The molecule has 12 nitrogen and oxygen atoms in total. The van der Waals surface area contributed by atoms with Crippen molar-refractivity contribution in [2.75, 3.05) is 36.2 Å². The molecule has 2 unspecified atom stereocenters. The second kappa shape index (κ2) is 16.0. The maximum absolute atomic E-state index is 11.9. The van der Waals surface area contributed by atoms with E-state index in [1.165, 1.54) is 24.3 Å². The Morgan fingerprint density at radius 3 is 0.962 bits per heavy atom. The Hall–Kier alpha value is -6.24. The molecule has 2 atom stereocenters. The van der Waals surface area contributed by atoms with Crippen LogP contribution in [0.4, 0.5) is 11.4 Å². The Morgan fingerprint density at radius 1 is 0.453 bits per heavy atom. The third-order valence-electron chi connectivity index (χ3n) is 8.73. The van der Waals surface area contributed by atoms with Gasteiger partial charge in [-0.25, -0.2) is 9.80 Å². The molecule has 4 aromatic carbocycles. The van der Waals surface area contributed by atoms with E-state index in [1.807, 2.05) is 48.5 Å². The standard InChI is InChI=1S/C41H38N2O10/c1-41(2,27-3-11-33(12-4-27)50-23-31(44)25-52-35-15-7-29(8-16-35)42-37(46)19-20-38(42)47)28-5-13-34(14-6-28)51-24-32(45)26-53-36-17-9-30(10-18-36)43-39(48)21-22-40(43)49/h3-22,31-32,44-45H,23-26H2,1-2H3. The van der Waals surface area contributed by atoms with Gasteiger partial charge >= 0.3 is 0 Å². The van der Waals surface area contributed by atoms with Crippen molar-refractivity contribution < 1.29 is 48.3 Å². The van der Waals surface area contributed by atoms with Crippen molar-refractivity contribution >= 4 is 35.0 Å². The molecule has 0 spiro atoms. The van der Waals surface area contributed by atoms with E-state index in [4.69, 9.17) is 18.9 Å². The van der Waals surface area contributed by atoms with Gasteiger partial charge in [0.05, 0.1) is 11.4 Å². The summed E-state index contributed by atoms with van der Waals surface area (Å²) >= 11 is 0. The minimum atomic E-state index is -0.899. The lowest BCUT2D eigenvalue weighted by Gasteiger charge is -2.26. The molecule has 4 amide bonds. The lowest BCUT2D eigenvalue weighted by atomic mass is 9.78. The fourth-order valence-corrected chi connectivity index (χ4v) is 5.66. The van der Waals surface area contributed by atoms with E-state index >= 15 is 0 Å². The minimum Gasteiger partial charge on any atom is -0.491 e. The fourth-order valence-electron chi connectivity index (χ4n) is 5.66. The largest absolute Gasteiger partial charge is 0.491 e. The van der Waals surface area contributed by atoms with Crippen molar-refractivity contribution in [3.63, 3.8) is 0 Å². The summed E-state index contributed by atoms with van der Waals surface area (Å²) in [7, 11) is 0. The molecule has 53 heavy (non-hydrogen) atoms. The van der Waals surface area contributed by atoms with Crippen molar-refractivity contribution in [2.24, 2.45) is 0 Å². The lowest BCUT2D eigenvalue weighted by Crippen LogP contribution is -2.29. The number of aliphatic hydroxyl groups is 2. The van der Waals surface area contributed by atoms with Crippen molar-refractivity contribution in [1.29, 1.82) is 0 Å². The van der Waals surface area contributed by atoms with Gasteiger partial charge in [0, 0.05) is 29.7 Å². The van der Waals surface area contributed by atoms with Gasteiger partial charge in [-0.2, -0.15) is 0 Å².